The van der Waals surface area contributed by atoms with Gasteiger partial charge >= 0.3 is 0 Å². The van der Waals surface area contributed by atoms with Gasteiger partial charge in [-0.15, -0.1) is 0 Å². The van der Waals surface area contributed by atoms with Crippen molar-refractivity contribution in [3.63, 3.8) is 0 Å². The first-order valence-corrected chi connectivity index (χ1v) is 14.0. The van der Waals surface area contributed by atoms with Crippen molar-refractivity contribution in [3.8, 4) is 0 Å². The first-order valence-electron chi connectivity index (χ1n) is 13.6. The van der Waals surface area contributed by atoms with E-state index in [9.17, 15) is 0 Å². The minimum atomic E-state index is 0.700. The van der Waals surface area contributed by atoms with Crippen molar-refractivity contribution in [1.29, 1.82) is 0 Å². The third-order valence-electron chi connectivity index (χ3n) is 7.23. The van der Waals surface area contributed by atoms with Crippen LogP contribution in [0.15, 0.2) is 97.1 Å². The second-order valence-electron chi connectivity index (χ2n) is 10.4. The molecule has 4 nitrogen and oxygen atoms in total. The van der Waals surface area contributed by atoms with Crippen molar-refractivity contribution in [1.82, 2.24) is 9.97 Å². The Labute approximate surface area is 240 Å². The van der Waals surface area contributed by atoms with Crippen LogP contribution >= 0.6 is 11.6 Å². The van der Waals surface area contributed by atoms with E-state index in [1.54, 1.807) is 0 Å². The lowest BCUT2D eigenvalue weighted by Gasteiger charge is -2.17. The number of benzene rings is 4. The Hall–Kier alpha value is -4.41. The summed E-state index contributed by atoms with van der Waals surface area (Å²) in [5, 5.41) is 10.3. The van der Waals surface area contributed by atoms with Crippen molar-refractivity contribution < 1.29 is 0 Å². The smallest absolute Gasteiger partial charge is 0.0727 e. The quantitative estimate of drug-likeness (QED) is 0.211. The minimum Gasteiger partial charge on any atom is -0.355 e. The number of nitrogens with zero attached hydrogens (tertiary/aromatic N) is 2. The molecule has 0 saturated carbocycles. The van der Waals surface area contributed by atoms with Crippen LogP contribution in [-0.4, -0.2) is 9.97 Å². The standard InChI is InChI=1S/C35H31ClN4/c1-22-12-16-32-28(18-22)34(19-23(2)37-32)39-30-10-6-4-8-25(30)13-14-26-9-5-7-11-31(26)40-35-20-24(3)38-33-17-15-27(36)21-29(33)35/h4-12,15-21H,13-14H2,1-3H3,(H,37,39)(H,38,40). The van der Waals surface area contributed by atoms with E-state index < -0.39 is 0 Å². The number of nitrogens with one attached hydrogen (secondary N) is 2. The summed E-state index contributed by atoms with van der Waals surface area (Å²) in [6, 6.07) is 33.5. The van der Waals surface area contributed by atoms with Gasteiger partial charge < -0.3 is 10.6 Å². The van der Waals surface area contributed by atoms with E-state index in [1.807, 2.05) is 32.0 Å². The van der Waals surface area contributed by atoms with Gasteiger partial charge in [0.05, 0.1) is 11.0 Å². The molecule has 0 spiro atoms. The van der Waals surface area contributed by atoms with E-state index in [-0.39, 0.29) is 0 Å². The molecule has 0 aliphatic carbocycles. The van der Waals surface area contributed by atoms with Gasteiger partial charge in [0.25, 0.3) is 0 Å². The molecule has 2 heterocycles. The maximum Gasteiger partial charge on any atom is 0.0727 e. The zero-order valence-electron chi connectivity index (χ0n) is 22.9. The van der Waals surface area contributed by atoms with Crippen LogP contribution in [0.2, 0.25) is 5.02 Å². The Morgan fingerprint density at radius 2 is 1.05 bits per heavy atom. The average molecular weight is 543 g/mol. The molecule has 0 unspecified atom stereocenters. The molecule has 0 aliphatic rings. The fraction of sp³-hybridized carbons (Fsp3) is 0.143. The lowest BCUT2D eigenvalue weighted by molar-refractivity contribution is 0.964. The summed E-state index contributed by atoms with van der Waals surface area (Å²) in [4.78, 5) is 9.41. The fourth-order valence-electron chi connectivity index (χ4n) is 5.29. The molecule has 0 bridgehead atoms. The van der Waals surface area contributed by atoms with Crippen molar-refractivity contribution >= 4 is 56.2 Å². The molecule has 0 saturated heterocycles. The normalized spacial score (nSPS) is 11.2. The lowest BCUT2D eigenvalue weighted by atomic mass is 10.0. The Morgan fingerprint density at radius 1 is 0.550 bits per heavy atom. The number of hydrogen-bond donors (Lipinski definition) is 2. The van der Waals surface area contributed by atoms with Gasteiger partial charge in [-0.05, 0) is 99.3 Å². The summed E-state index contributed by atoms with van der Waals surface area (Å²) in [6.07, 6.45) is 1.78. The summed E-state index contributed by atoms with van der Waals surface area (Å²) in [6.45, 7) is 6.18. The number of fused-ring (bicyclic) bond motifs is 2. The van der Waals surface area contributed by atoms with Crippen LogP contribution in [0.4, 0.5) is 22.7 Å². The highest BCUT2D eigenvalue weighted by molar-refractivity contribution is 6.31. The van der Waals surface area contributed by atoms with Crippen LogP contribution < -0.4 is 10.6 Å². The molecule has 40 heavy (non-hydrogen) atoms. The second-order valence-corrected chi connectivity index (χ2v) is 10.8. The largest absolute Gasteiger partial charge is 0.355 e. The molecule has 0 fully saturated rings. The van der Waals surface area contributed by atoms with E-state index >= 15 is 0 Å². The maximum absolute atomic E-state index is 6.34. The summed E-state index contributed by atoms with van der Waals surface area (Å²) in [5.41, 5.74) is 11.9. The number of pyridine rings is 2. The zero-order valence-corrected chi connectivity index (χ0v) is 23.7. The number of aromatic nitrogens is 2. The van der Waals surface area contributed by atoms with Gasteiger partial charge in [0.15, 0.2) is 0 Å². The van der Waals surface area contributed by atoms with Crippen molar-refractivity contribution in [2.24, 2.45) is 0 Å². The molecular weight excluding hydrogens is 512 g/mol. The molecule has 0 radical (unpaired) electrons. The van der Waals surface area contributed by atoms with Gasteiger partial charge in [-0.3, -0.25) is 9.97 Å². The van der Waals surface area contributed by atoms with Crippen LogP contribution in [-0.2, 0) is 12.8 Å². The molecule has 0 aliphatic heterocycles. The Balaban J connectivity index is 1.28. The molecule has 5 heteroatoms. The number of rotatable bonds is 7. The molecule has 4 aromatic carbocycles. The highest BCUT2D eigenvalue weighted by Crippen LogP contribution is 2.32. The first-order chi connectivity index (χ1) is 19.4. The first kappa shape index (κ1) is 25.8. The lowest BCUT2D eigenvalue weighted by Crippen LogP contribution is -2.02. The third kappa shape index (κ3) is 5.49. The van der Waals surface area contributed by atoms with Crippen LogP contribution in [0.25, 0.3) is 21.8 Å². The Morgan fingerprint density at radius 3 is 1.62 bits per heavy atom. The van der Waals surface area contributed by atoms with Gasteiger partial charge in [0, 0.05) is 49.9 Å². The number of hydrogen-bond acceptors (Lipinski definition) is 4. The Bertz CT molecular complexity index is 1720. The SMILES string of the molecule is Cc1ccc2nc(C)cc(Nc3ccccc3CCc3ccccc3Nc3cc(C)nc4ccc(Cl)cc34)c2c1. The summed E-state index contributed by atoms with van der Waals surface area (Å²) in [5.74, 6) is 0. The van der Waals surface area contributed by atoms with Crippen LogP contribution in [0.3, 0.4) is 0 Å². The van der Waals surface area contributed by atoms with Gasteiger partial charge in [0.1, 0.15) is 0 Å². The van der Waals surface area contributed by atoms with E-state index in [1.165, 1.54) is 16.7 Å². The Kier molecular flexibility index (Phi) is 7.10. The van der Waals surface area contributed by atoms with E-state index in [0.717, 1.165) is 68.8 Å². The minimum absolute atomic E-state index is 0.700. The van der Waals surface area contributed by atoms with Gasteiger partial charge in [-0.1, -0.05) is 59.6 Å². The summed E-state index contributed by atoms with van der Waals surface area (Å²) >= 11 is 6.34. The van der Waals surface area contributed by atoms with Crippen LogP contribution in [0.1, 0.15) is 28.1 Å². The van der Waals surface area contributed by atoms with Gasteiger partial charge in [0.2, 0.25) is 0 Å². The number of aryl methyl sites for hydroxylation is 5. The molecular formula is C35H31ClN4. The molecule has 0 atom stereocenters. The predicted molar refractivity (Wildman–Crippen MR) is 170 cm³/mol. The maximum atomic E-state index is 6.34. The van der Waals surface area contributed by atoms with E-state index in [4.69, 9.17) is 16.6 Å². The van der Waals surface area contributed by atoms with Crippen LogP contribution in [0.5, 0.6) is 0 Å². The van der Waals surface area contributed by atoms with Crippen molar-refractivity contribution in [3.05, 3.63) is 130 Å². The van der Waals surface area contributed by atoms with Crippen molar-refractivity contribution in [2.45, 2.75) is 33.6 Å². The van der Waals surface area contributed by atoms with Crippen LogP contribution in [0, 0.1) is 20.8 Å². The molecule has 6 aromatic rings. The van der Waals surface area contributed by atoms with E-state index in [0.29, 0.717) is 5.02 Å². The number of halogens is 1. The monoisotopic (exact) mass is 542 g/mol. The molecule has 6 rings (SSSR count). The topological polar surface area (TPSA) is 49.8 Å². The van der Waals surface area contributed by atoms with Crippen molar-refractivity contribution in [2.75, 3.05) is 10.6 Å². The third-order valence-corrected chi connectivity index (χ3v) is 7.46. The number of para-hydroxylation sites is 2. The highest BCUT2D eigenvalue weighted by Gasteiger charge is 2.11. The molecule has 2 aromatic heterocycles. The number of anilines is 4. The molecule has 0 amide bonds. The average Bonchev–Trinajstić information content (AvgIpc) is 2.94. The summed E-state index contributed by atoms with van der Waals surface area (Å²) in [7, 11) is 0. The highest BCUT2D eigenvalue weighted by atomic mass is 35.5. The van der Waals surface area contributed by atoms with Gasteiger partial charge in [-0.25, -0.2) is 0 Å². The van der Waals surface area contributed by atoms with Gasteiger partial charge in [-0.2, -0.15) is 0 Å². The zero-order chi connectivity index (χ0) is 27.6. The predicted octanol–water partition coefficient (Wildman–Crippen LogP) is 9.63. The van der Waals surface area contributed by atoms with E-state index in [2.05, 4.69) is 101 Å². The fourth-order valence-corrected chi connectivity index (χ4v) is 5.46. The molecule has 198 valence electrons. The molecule has 2 N–H and O–H groups in total. The summed E-state index contributed by atoms with van der Waals surface area (Å²) < 4.78 is 0. The second kappa shape index (κ2) is 11.0.